The van der Waals surface area contributed by atoms with Crippen LogP contribution in [0.4, 0.5) is 0 Å². The predicted molar refractivity (Wildman–Crippen MR) is 81.4 cm³/mol. The zero-order valence-electron chi connectivity index (χ0n) is 12.9. The van der Waals surface area contributed by atoms with E-state index in [0.717, 1.165) is 30.6 Å². The third-order valence-corrected chi connectivity index (χ3v) is 4.44. The van der Waals surface area contributed by atoms with Crippen molar-refractivity contribution in [1.29, 1.82) is 0 Å². The molecule has 0 aliphatic heterocycles. The molecule has 0 heterocycles. The van der Waals surface area contributed by atoms with Gasteiger partial charge < -0.3 is 20.5 Å². The summed E-state index contributed by atoms with van der Waals surface area (Å²) >= 11 is 0. The quantitative estimate of drug-likeness (QED) is 0.841. The van der Waals surface area contributed by atoms with Gasteiger partial charge in [0, 0.05) is 18.2 Å². The molecule has 0 bridgehead atoms. The van der Waals surface area contributed by atoms with Crippen molar-refractivity contribution in [3.63, 3.8) is 0 Å². The number of nitrogens with one attached hydrogen (secondary N) is 1. The molecule has 1 unspecified atom stereocenters. The zero-order chi connectivity index (χ0) is 15.5. The Morgan fingerprint density at radius 2 is 2.10 bits per heavy atom. The Balaban J connectivity index is 2.13. The van der Waals surface area contributed by atoms with E-state index in [9.17, 15) is 4.79 Å². The van der Waals surface area contributed by atoms with Crippen LogP contribution in [0.5, 0.6) is 11.5 Å². The van der Waals surface area contributed by atoms with E-state index < -0.39 is 0 Å². The molecular weight excluding hydrogens is 268 g/mol. The Labute approximate surface area is 125 Å². The van der Waals surface area contributed by atoms with E-state index in [4.69, 9.17) is 15.2 Å². The number of hydrogen-bond donors (Lipinski definition) is 2. The van der Waals surface area contributed by atoms with Crippen molar-refractivity contribution < 1.29 is 14.3 Å². The van der Waals surface area contributed by atoms with Crippen molar-refractivity contribution in [2.24, 2.45) is 11.1 Å². The Morgan fingerprint density at radius 3 is 2.57 bits per heavy atom. The molecule has 0 radical (unpaired) electrons. The minimum Gasteiger partial charge on any atom is -0.497 e. The molecule has 1 aliphatic rings. The Morgan fingerprint density at radius 1 is 1.38 bits per heavy atom. The average Bonchev–Trinajstić information content (AvgIpc) is 2.45. The minimum atomic E-state index is -0.367. The maximum Gasteiger partial charge on any atom is 0.227 e. The summed E-state index contributed by atoms with van der Waals surface area (Å²) < 4.78 is 10.6. The number of carbonyl (C=O) groups is 1. The molecule has 1 aromatic carbocycles. The second-order valence-electron chi connectivity index (χ2n) is 5.64. The van der Waals surface area contributed by atoms with E-state index in [1.165, 1.54) is 0 Å². The maximum absolute atomic E-state index is 12.4. The molecule has 2 rings (SSSR count). The molecule has 0 saturated heterocycles. The largest absolute Gasteiger partial charge is 0.497 e. The highest BCUT2D eigenvalue weighted by atomic mass is 16.5. The highest BCUT2D eigenvalue weighted by Crippen LogP contribution is 2.40. The van der Waals surface area contributed by atoms with Crippen LogP contribution in [0.2, 0.25) is 0 Å². The van der Waals surface area contributed by atoms with Crippen molar-refractivity contribution in [3.05, 3.63) is 23.8 Å². The normalized spacial score (nSPS) is 17.5. The smallest absolute Gasteiger partial charge is 0.227 e. The number of methoxy groups -OCH3 is 2. The molecule has 3 N–H and O–H groups in total. The third-order valence-electron chi connectivity index (χ3n) is 4.44. The lowest BCUT2D eigenvalue weighted by molar-refractivity contribution is -0.135. The molecule has 21 heavy (non-hydrogen) atoms. The van der Waals surface area contributed by atoms with E-state index in [-0.39, 0.29) is 17.4 Å². The molecule has 116 valence electrons. The summed E-state index contributed by atoms with van der Waals surface area (Å²) in [6, 6.07) is 5.46. The summed E-state index contributed by atoms with van der Waals surface area (Å²) in [6.07, 6.45) is 2.83. The van der Waals surface area contributed by atoms with Gasteiger partial charge in [-0.05, 0) is 31.9 Å². The van der Waals surface area contributed by atoms with Gasteiger partial charge in [-0.3, -0.25) is 4.79 Å². The van der Waals surface area contributed by atoms with Gasteiger partial charge in [0.2, 0.25) is 5.91 Å². The molecule has 1 amide bonds. The number of carbonyl (C=O) groups excluding carboxylic acids is 1. The molecule has 1 saturated carbocycles. The topological polar surface area (TPSA) is 73.6 Å². The van der Waals surface area contributed by atoms with Gasteiger partial charge in [-0.25, -0.2) is 0 Å². The third kappa shape index (κ3) is 2.97. The van der Waals surface area contributed by atoms with E-state index in [2.05, 4.69) is 5.32 Å². The highest BCUT2D eigenvalue weighted by molar-refractivity contribution is 5.84. The maximum atomic E-state index is 12.4. The molecular formula is C16H24N2O3. The van der Waals surface area contributed by atoms with Crippen LogP contribution in [0.3, 0.4) is 0 Å². The summed E-state index contributed by atoms with van der Waals surface area (Å²) in [6.45, 7) is 2.36. The molecule has 1 fully saturated rings. The Bertz CT molecular complexity index is 507. The number of rotatable bonds is 6. The average molecular weight is 292 g/mol. The minimum absolute atomic E-state index is 0.0432. The first-order chi connectivity index (χ1) is 10.1. The number of nitrogens with two attached hydrogens (primary N) is 1. The first-order valence-electron chi connectivity index (χ1n) is 7.29. The van der Waals surface area contributed by atoms with Gasteiger partial charge in [0.1, 0.15) is 11.5 Å². The first kappa shape index (κ1) is 15.6. The van der Waals surface area contributed by atoms with Crippen molar-refractivity contribution in [1.82, 2.24) is 5.32 Å². The van der Waals surface area contributed by atoms with Gasteiger partial charge >= 0.3 is 0 Å². The highest BCUT2D eigenvalue weighted by Gasteiger charge is 2.43. The van der Waals surface area contributed by atoms with E-state index in [1.54, 1.807) is 14.2 Å². The van der Waals surface area contributed by atoms with Gasteiger partial charge in [-0.2, -0.15) is 0 Å². The second kappa shape index (κ2) is 6.35. The van der Waals surface area contributed by atoms with Crippen LogP contribution in [0.1, 0.15) is 37.8 Å². The molecule has 1 aliphatic carbocycles. The number of ether oxygens (including phenoxy) is 2. The number of hydrogen-bond acceptors (Lipinski definition) is 4. The van der Waals surface area contributed by atoms with Crippen molar-refractivity contribution in [2.45, 2.75) is 32.2 Å². The van der Waals surface area contributed by atoms with E-state index >= 15 is 0 Å². The van der Waals surface area contributed by atoms with Crippen LogP contribution >= 0.6 is 0 Å². The van der Waals surface area contributed by atoms with Gasteiger partial charge in [-0.1, -0.05) is 6.42 Å². The molecule has 0 aromatic heterocycles. The number of amides is 1. The lowest BCUT2D eigenvalue weighted by Crippen LogP contribution is -2.50. The number of benzene rings is 1. The van der Waals surface area contributed by atoms with Crippen LogP contribution in [-0.4, -0.2) is 26.7 Å². The second-order valence-corrected chi connectivity index (χ2v) is 5.64. The summed E-state index contributed by atoms with van der Waals surface area (Å²) in [4.78, 5) is 12.4. The van der Waals surface area contributed by atoms with Crippen LogP contribution in [0.25, 0.3) is 0 Å². The van der Waals surface area contributed by atoms with Crippen LogP contribution in [-0.2, 0) is 4.79 Å². The summed E-state index contributed by atoms with van der Waals surface area (Å²) in [5.74, 6) is 1.48. The molecule has 1 aromatic rings. The fraction of sp³-hybridized carbons (Fsp3) is 0.562. The van der Waals surface area contributed by atoms with Crippen molar-refractivity contribution in [2.75, 3.05) is 20.8 Å². The standard InChI is InChI=1S/C16H24N2O3/c1-11(18-15(19)16(10-17)7-4-8-16)13-6-5-12(20-2)9-14(13)21-3/h5-6,9,11H,4,7-8,10,17H2,1-3H3,(H,18,19). The fourth-order valence-corrected chi connectivity index (χ4v) is 2.73. The summed E-state index contributed by atoms with van der Waals surface area (Å²) in [7, 11) is 3.22. The van der Waals surface area contributed by atoms with Gasteiger partial charge in [0.05, 0.1) is 25.7 Å². The van der Waals surface area contributed by atoms with Crippen LogP contribution in [0, 0.1) is 5.41 Å². The van der Waals surface area contributed by atoms with Crippen molar-refractivity contribution in [3.8, 4) is 11.5 Å². The zero-order valence-corrected chi connectivity index (χ0v) is 12.9. The molecule has 5 nitrogen and oxygen atoms in total. The predicted octanol–water partition coefficient (Wildman–Crippen LogP) is 2.01. The van der Waals surface area contributed by atoms with Gasteiger partial charge in [0.25, 0.3) is 0 Å². The monoisotopic (exact) mass is 292 g/mol. The Kier molecular flexibility index (Phi) is 4.73. The fourth-order valence-electron chi connectivity index (χ4n) is 2.73. The first-order valence-corrected chi connectivity index (χ1v) is 7.29. The van der Waals surface area contributed by atoms with E-state index in [0.29, 0.717) is 12.3 Å². The molecule has 0 spiro atoms. The van der Waals surface area contributed by atoms with Gasteiger partial charge in [-0.15, -0.1) is 0 Å². The lowest BCUT2D eigenvalue weighted by Gasteiger charge is -2.40. The SMILES string of the molecule is COc1ccc(C(C)NC(=O)C2(CN)CCC2)c(OC)c1. The molecule has 5 heteroatoms. The lowest BCUT2D eigenvalue weighted by atomic mass is 9.68. The van der Waals surface area contributed by atoms with Crippen LogP contribution in [0.15, 0.2) is 18.2 Å². The summed E-state index contributed by atoms with van der Waals surface area (Å²) in [5.41, 5.74) is 6.34. The van der Waals surface area contributed by atoms with Crippen LogP contribution < -0.4 is 20.5 Å². The van der Waals surface area contributed by atoms with Gasteiger partial charge in [0.15, 0.2) is 0 Å². The van der Waals surface area contributed by atoms with Crippen molar-refractivity contribution >= 4 is 5.91 Å². The Hall–Kier alpha value is -1.75. The van der Waals surface area contributed by atoms with E-state index in [1.807, 2.05) is 25.1 Å². The molecule has 1 atom stereocenters. The summed E-state index contributed by atoms with van der Waals surface area (Å²) in [5, 5.41) is 3.06.